The topological polar surface area (TPSA) is 95.7 Å². The van der Waals surface area contributed by atoms with Crippen molar-refractivity contribution in [3.8, 4) is 0 Å². The Labute approximate surface area is 127 Å². The van der Waals surface area contributed by atoms with E-state index in [4.69, 9.17) is 10.8 Å². The maximum atomic E-state index is 12.0. The lowest BCUT2D eigenvalue weighted by Crippen LogP contribution is -2.49. The minimum absolute atomic E-state index is 0.0501. The van der Waals surface area contributed by atoms with Crippen LogP contribution >= 0.6 is 0 Å². The van der Waals surface area contributed by atoms with E-state index in [1.165, 1.54) is 0 Å². The number of hydrogen-bond donors (Lipinski definition) is 3. The van der Waals surface area contributed by atoms with Gasteiger partial charge in [0.2, 0.25) is 0 Å². The molecule has 122 valence electrons. The van der Waals surface area contributed by atoms with Gasteiger partial charge in [0.25, 0.3) is 0 Å². The first kappa shape index (κ1) is 17.8. The highest BCUT2D eigenvalue weighted by atomic mass is 16.4. The summed E-state index contributed by atoms with van der Waals surface area (Å²) in [5.74, 6) is -0.0123. The first-order valence-electron chi connectivity index (χ1n) is 7.90. The van der Waals surface area contributed by atoms with Crippen LogP contribution in [0.5, 0.6) is 0 Å². The number of hydrogen-bond acceptors (Lipinski definition) is 3. The van der Waals surface area contributed by atoms with Gasteiger partial charge in [-0.2, -0.15) is 0 Å². The number of nitrogens with one attached hydrogen (secondary N) is 1. The Bertz CT molecular complexity index is 347. The predicted octanol–water partition coefficient (Wildman–Crippen LogP) is 1.65. The number of piperidine rings is 1. The highest BCUT2D eigenvalue weighted by Gasteiger charge is 2.21. The first-order chi connectivity index (χ1) is 9.90. The molecule has 6 heteroatoms. The standard InChI is InChI=1S/C15H29N3O3/c1-11(2)12(5-6-14(19)20)7-8-17-15(21)18-9-3-4-13(16)10-18/h11-13H,3-10,16H2,1-2H3,(H,17,21)(H,19,20). The molecule has 0 aromatic carbocycles. The Morgan fingerprint density at radius 2 is 2.10 bits per heavy atom. The van der Waals surface area contributed by atoms with Crippen molar-refractivity contribution in [3.63, 3.8) is 0 Å². The van der Waals surface area contributed by atoms with Gasteiger partial charge in [0.05, 0.1) is 0 Å². The minimum Gasteiger partial charge on any atom is -0.481 e. The van der Waals surface area contributed by atoms with E-state index in [0.29, 0.717) is 31.3 Å². The maximum absolute atomic E-state index is 12.0. The van der Waals surface area contributed by atoms with Crippen LogP contribution in [-0.2, 0) is 4.79 Å². The lowest BCUT2D eigenvalue weighted by atomic mass is 9.88. The summed E-state index contributed by atoms with van der Waals surface area (Å²) in [6, 6.07) is 0.0365. The monoisotopic (exact) mass is 299 g/mol. The van der Waals surface area contributed by atoms with E-state index >= 15 is 0 Å². The second-order valence-electron chi connectivity index (χ2n) is 6.31. The number of aliphatic carboxylic acids is 1. The quantitative estimate of drug-likeness (QED) is 0.666. The van der Waals surface area contributed by atoms with E-state index in [2.05, 4.69) is 19.2 Å². The third-order valence-corrected chi connectivity index (χ3v) is 4.21. The van der Waals surface area contributed by atoms with Crippen LogP contribution < -0.4 is 11.1 Å². The van der Waals surface area contributed by atoms with E-state index < -0.39 is 5.97 Å². The molecule has 0 spiro atoms. The molecule has 0 aromatic rings. The number of nitrogens with zero attached hydrogens (tertiary/aromatic N) is 1. The van der Waals surface area contributed by atoms with Gasteiger partial charge in [0, 0.05) is 32.1 Å². The summed E-state index contributed by atoms with van der Waals surface area (Å²) in [5.41, 5.74) is 5.87. The van der Waals surface area contributed by atoms with Crippen molar-refractivity contribution >= 4 is 12.0 Å². The van der Waals surface area contributed by atoms with Crippen LogP contribution in [-0.4, -0.2) is 47.7 Å². The van der Waals surface area contributed by atoms with Crippen molar-refractivity contribution in [3.05, 3.63) is 0 Å². The van der Waals surface area contributed by atoms with Gasteiger partial charge in [0.1, 0.15) is 0 Å². The molecule has 1 fully saturated rings. The van der Waals surface area contributed by atoms with Gasteiger partial charge in [0.15, 0.2) is 0 Å². The molecule has 6 nitrogen and oxygen atoms in total. The lowest BCUT2D eigenvalue weighted by Gasteiger charge is -2.31. The fourth-order valence-electron chi connectivity index (χ4n) is 2.79. The van der Waals surface area contributed by atoms with Crippen LogP contribution in [0.3, 0.4) is 0 Å². The number of likely N-dealkylation sites (tertiary alicyclic amines) is 1. The normalized spacial score (nSPS) is 20.4. The van der Waals surface area contributed by atoms with Gasteiger partial charge < -0.3 is 21.1 Å². The van der Waals surface area contributed by atoms with Crippen LogP contribution in [0.4, 0.5) is 4.79 Å². The molecule has 1 rings (SSSR count). The summed E-state index contributed by atoms with van der Waals surface area (Å²) < 4.78 is 0. The van der Waals surface area contributed by atoms with Crippen molar-refractivity contribution in [1.29, 1.82) is 0 Å². The SMILES string of the molecule is CC(C)C(CCNC(=O)N1CCCC(N)C1)CCC(=O)O. The molecule has 2 amide bonds. The van der Waals surface area contributed by atoms with Crippen LogP contribution in [0.1, 0.15) is 46.0 Å². The Morgan fingerprint density at radius 3 is 2.67 bits per heavy atom. The molecule has 21 heavy (non-hydrogen) atoms. The number of carbonyl (C=O) groups excluding carboxylic acids is 1. The first-order valence-corrected chi connectivity index (χ1v) is 7.90. The van der Waals surface area contributed by atoms with Crippen molar-refractivity contribution in [2.45, 2.75) is 52.0 Å². The summed E-state index contributed by atoms with van der Waals surface area (Å²) in [6.07, 6.45) is 3.61. The molecule has 1 aliphatic heterocycles. The second-order valence-corrected chi connectivity index (χ2v) is 6.31. The van der Waals surface area contributed by atoms with E-state index in [-0.39, 0.29) is 18.5 Å². The van der Waals surface area contributed by atoms with Gasteiger partial charge in [-0.1, -0.05) is 13.8 Å². The number of nitrogens with two attached hydrogens (primary N) is 1. The molecule has 0 aromatic heterocycles. The molecule has 4 N–H and O–H groups in total. The zero-order valence-electron chi connectivity index (χ0n) is 13.2. The van der Waals surface area contributed by atoms with Gasteiger partial charge in [-0.25, -0.2) is 4.79 Å². The van der Waals surface area contributed by atoms with Crippen molar-refractivity contribution in [2.24, 2.45) is 17.6 Å². The molecule has 0 radical (unpaired) electrons. The number of urea groups is 1. The average molecular weight is 299 g/mol. The third kappa shape index (κ3) is 6.80. The van der Waals surface area contributed by atoms with Gasteiger partial charge in [-0.3, -0.25) is 4.79 Å². The lowest BCUT2D eigenvalue weighted by molar-refractivity contribution is -0.137. The predicted molar refractivity (Wildman–Crippen MR) is 82.0 cm³/mol. The van der Waals surface area contributed by atoms with Crippen LogP contribution in [0.2, 0.25) is 0 Å². The van der Waals surface area contributed by atoms with E-state index in [9.17, 15) is 9.59 Å². The minimum atomic E-state index is -0.757. The zero-order valence-corrected chi connectivity index (χ0v) is 13.2. The summed E-state index contributed by atoms with van der Waals surface area (Å²) >= 11 is 0. The largest absolute Gasteiger partial charge is 0.481 e. The number of carboxylic acids is 1. The summed E-state index contributed by atoms with van der Waals surface area (Å²) in [5, 5.41) is 11.7. The molecule has 0 saturated carbocycles. The Balaban J connectivity index is 2.29. The zero-order chi connectivity index (χ0) is 15.8. The molecular weight excluding hydrogens is 270 g/mol. The number of carboxylic acid groups (broad SMARTS) is 1. The van der Waals surface area contributed by atoms with E-state index in [0.717, 1.165) is 25.8 Å². The van der Waals surface area contributed by atoms with E-state index in [1.807, 2.05) is 0 Å². The van der Waals surface area contributed by atoms with Crippen LogP contribution in [0.15, 0.2) is 0 Å². The fourth-order valence-corrected chi connectivity index (χ4v) is 2.79. The molecular formula is C15H29N3O3. The number of carbonyl (C=O) groups is 2. The molecule has 1 heterocycles. The maximum Gasteiger partial charge on any atom is 0.317 e. The van der Waals surface area contributed by atoms with Crippen molar-refractivity contribution in [1.82, 2.24) is 10.2 Å². The van der Waals surface area contributed by atoms with Crippen LogP contribution in [0.25, 0.3) is 0 Å². The highest BCUT2D eigenvalue weighted by molar-refractivity contribution is 5.74. The van der Waals surface area contributed by atoms with E-state index in [1.54, 1.807) is 4.90 Å². The number of rotatable bonds is 7. The van der Waals surface area contributed by atoms with Gasteiger partial charge in [-0.05, 0) is 37.5 Å². The van der Waals surface area contributed by atoms with Crippen molar-refractivity contribution < 1.29 is 14.7 Å². The van der Waals surface area contributed by atoms with Crippen LogP contribution in [0, 0.1) is 11.8 Å². The van der Waals surface area contributed by atoms with Gasteiger partial charge in [-0.15, -0.1) is 0 Å². The van der Waals surface area contributed by atoms with Crippen molar-refractivity contribution in [2.75, 3.05) is 19.6 Å². The average Bonchev–Trinajstić information content (AvgIpc) is 2.41. The summed E-state index contributed by atoms with van der Waals surface area (Å²) in [6.45, 7) is 6.17. The molecule has 2 unspecified atom stereocenters. The highest BCUT2D eigenvalue weighted by Crippen LogP contribution is 2.20. The summed E-state index contributed by atoms with van der Waals surface area (Å²) in [4.78, 5) is 24.5. The molecule has 2 atom stereocenters. The third-order valence-electron chi connectivity index (χ3n) is 4.21. The molecule has 0 aliphatic carbocycles. The van der Waals surface area contributed by atoms with Gasteiger partial charge >= 0.3 is 12.0 Å². The molecule has 1 aliphatic rings. The number of amides is 2. The Kier molecular flexibility index (Phi) is 7.50. The smallest absolute Gasteiger partial charge is 0.317 e. The molecule has 0 bridgehead atoms. The Morgan fingerprint density at radius 1 is 1.38 bits per heavy atom. The summed E-state index contributed by atoms with van der Waals surface area (Å²) in [7, 11) is 0. The second kappa shape index (κ2) is 8.87. The molecule has 1 saturated heterocycles. The fraction of sp³-hybridized carbons (Fsp3) is 0.867. The Hall–Kier alpha value is -1.30.